The number of hydrogen-bond acceptors (Lipinski definition) is 5. The predicted molar refractivity (Wildman–Crippen MR) is 104 cm³/mol. The molecule has 0 radical (unpaired) electrons. The molecule has 0 spiro atoms. The third-order valence-electron chi connectivity index (χ3n) is 3.94. The van der Waals surface area contributed by atoms with Gasteiger partial charge in [-0.05, 0) is 37.3 Å². The molecule has 2 heterocycles. The summed E-state index contributed by atoms with van der Waals surface area (Å²) >= 11 is 7.55. The molecule has 1 aliphatic heterocycles. The summed E-state index contributed by atoms with van der Waals surface area (Å²) in [6, 6.07) is 17.4. The van der Waals surface area contributed by atoms with E-state index in [9.17, 15) is 0 Å². The summed E-state index contributed by atoms with van der Waals surface area (Å²) in [4.78, 5) is 9.21. The molecular formula is C20H17ClN2O2S. The van der Waals surface area contributed by atoms with Crippen molar-refractivity contribution in [3.63, 3.8) is 0 Å². The van der Waals surface area contributed by atoms with Crippen LogP contribution in [0.25, 0.3) is 11.3 Å². The normalized spacial score (nSPS) is 15.7. The summed E-state index contributed by atoms with van der Waals surface area (Å²) in [6.07, 6.45) is -0.0296. The standard InChI is InChI=1S/C20H17ClN2O2S/c1-13-10-17(14-6-8-15(21)9-7-14)23-20(22-13)26-12-16-11-24-18-4-2-3-5-19(18)25-16/h2-10,16H,11-12H2,1H3/t16-/m0/s1. The van der Waals surface area contributed by atoms with Crippen LogP contribution >= 0.6 is 23.4 Å². The van der Waals surface area contributed by atoms with Crippen molar-refractivity contribution in [1.82, 2.24) is 9.97 Å². The van der Waals surface area contributed by atoms with Gasteiger partial charge in [-0.25, -0.2) is 9.97 Å². The van der Waals surface area contributed by atoms with E-state index in [0.29, 0.717) is 11.6 Å². The van der Waals surface area contributed by atoms with E-state index in [4.69, 9.17) is 21.1 Å². The van der Waals surface area contributed by atoms with Gasteiger partial charge in [0.2, 0.25) is 0 Å². The van der Waals surface area contributed by atoms with Gasteiger partial charge in [-0.1, -0.05) is 47.6 Å². The Morgan fingerprint density at radius 2 is 1.85 bits per heavy atom. The van der Waals surface area contributed by atoms with Crippen LogP contribution in [0.5, 0.6) is 11.5 Å². The van der Waals surface area contributed by atoms with Crippen LogP contribution in [0.4, 0.5) is 0 Å². The van der Waals surface area contributed by atoms with Gasteiger partial charge in [-0.2, -0.15) is 0 Å². The van der Waals surface area contributed by atoms with Gasteiger partial charge in [0, 0.05) is 22.0 Å². The molecule has 26 heavy (non-hydrogen) atoms. The molecule has 0 fully saturated rings. The van der Waals surface area contributed by atoms with Gasteiger partial charge in [0.1, 0.15) is 12.7 Å². The monoisotopic (exact) mass is 384 g/mol. The number of nitrogens with zero attached hydrogens (tertiary/aromatic N) is 2. The van der Waals surface area contributed by atoms with E-state index < -0.39 is 0 Å². The second kappa shape index (κ2) is 7.56. The molecule has 132 valence electrons. The fourth-order valence-electron chi connectivity index (χ4n) is 2.69. The number of aromatic nitrogens is 2. The van der Waals surface area contributed by atoms with Crippen molar-refractivity contribution in [2.24, 2.45) is 0 Å². The summed E-state index contributed by atoms with van der Waals surface area (Å²) in [5, 5.41) is 1.45. The number of thioether (sulfide) groups is 1. The molecule has 6 heteroatoms. The Morgan fingerprint density at radius 3 is 2.65 bits per heavy atom. The van der Waals surface area contributed by atoms with Crippen molar-refractivity contribution < 1.29 is 9.47 Å². The minimum atomic E-state index is -0.0296. The first-order valence-corrected chi connectivity index (χ1v) is 9.66. The van der Waals surface area contributed by atoms with Gasteiger partial charge in [0.05, 0.1) is 5.69 Å². The highest BCUT2D eigenvalue weighted by Gasteiger charge is 2.21. The van der Waals surface area contributed by atoms with Crippen LogP contribution in [0.15, 0.2) is 59.8 Å². The SMILES string of the molecule is Cc1cc(-c2ccc(Cl)cc2)nc(SC[C@@H]2COc3ccccc3O2)n1. The maximum Gasteiger partial charge on any atom is 0.188 e. The molecule has 0 amide bonds. The first kappa shape index (κ1) is 17.2. The minimum Gasteiger partial charge on any atom is -0.486 e. The molecule has 2 aromatic carbocycles. The van der Waals surface area contributed by atoms with Crippen molar-refractivity contribution in [2.75, 3.05) is 12.4 Å². The summed E-state index contributed by atoms with van der Waals surface area (Å²) in [6.45, 7) is 2.50. The number of aryl methyl sites for hydroxylation is 1. The lowest BCUT2D eigenvalue weighted by molar-refractivity contribution is 0.107. The Balaban J connectivity index is 1.46. The van der Waals surface area contributed by atoms with Crippen LogP contribution in [0.3, 0.4) is 0 Å². The Hall–Kier alpha value is -2.24. The van der Waals surface area contributed by atoms with E-state index in [1.165, 1.54) is 0 Å². The Labute approximate surface area is 161 Å². The third-order valence-corrected chi connectivity index (χ3v) is 5.17. The second-order valence-electron chi connectivity index (χ2n) is 5.99. The highest BCUT2D eigenvalue weighted by Crippen LogP contribution is 2.32. The van der Waals surface area contributed by atoms with Crippen LogP contribution in [0.2, 0.25) is 5.02 Å². The van der Waals surface area contributed by atoms with E-state index >= 15 is 0 Å². The molecule has 3 aromatic rings. The zero-order chi connectivity index (χ0) is 17.9. The van der Waals surface area contributed by atoms with Crippen LogP contribution in [0, 0.1) is 6.92 Å². The quantitative estimate of drug-likeness (QED) is 0.466. The van der Waals surface area contributed by atoms with Crippen molar-refractivity contribution in [3.05, 3.63) is 65.3 Å². The van der Waals surface area contributed by atoms with E-state index in [0.717, 1.165) is 39.4 Å². The van der Waals surface area contributed by atoms with Gasteiger partial charge in [0.25, 0.3) is 0 Å². The molecule has 4 rings (SSSR count). The molecular weight excluding hydrogens is 368 g/mol. The van der Waals surface area contributed by atoms with E-state index in [-0.39, 0.29) is 6.10 Å². The molecule has 0 bridgehead atoms. The van der Waals surface area contributed by atoms with Gasteiger partial charge >= 0.3 is 0 Å². The molecule has 1 aromatic heterocycles. The number of benzene rings is 2. The van der Waals surface area contributed by atoms with Crippen molar-refractivity contribution in [1.29, 1.82) is 0 Å². The first-order valence-electron chi connectivity index (χ1n) is 8.30. The number of halogens is 1. The van der Waals surface area contributed by atoms with Crippen molar-refractivity contribution in [2.45, 2.75) is 18.2 Å². The zero-order valence-electron chi connectivity index (χ0n) is 14.2. The minimum absolute atomic E-state index is 0.0296. The largest absolute Gasteiger partial charge is 0.486 e. The van der Waals surface area contributed by atoms with Crippen LogP contribution in [-0.4, -0.2) is 28.4 Å². The lowest BCUT2D eigenvalue weighted by Gasteiger charge is -2.25. The average molecular weight is 385 g/mol. The van der Waals surface area contributed by atoms with E-state index in [1.807, 2.05) is 61.5 Å². The molecule has 4 nitrogen and oxygen atoms in total. The second-order valence-corrected chi connectivity index (χ2v) is 7.42. The van der Waals surface area contributed by atoms with Gasteiger partial charge in [0.15, 0.2) is 16.7 Å². The van der Waals surface area contributed by atoms with Crippen molar-refractivity contribution in [3.8, 4) is 22.8 Å². The smallest absolute Gasteiger partial charge is 0.188 e. The van der Waals surface area contributed by atoms with Crippen molar-refractivity contribution >= 4 is 23.4 Å². The highest BCUT2D eigenvalue weighted by molar-refractivity contribution is 7.99. The van der Waals surface area contributed by atoms with Gasteiger partial charge < -0.3 is 9.47 Å². The lowest BCUT2D eigenvalue weighted by atomic mass is 10.1. The van der Waals surface area contributed by atoms with Crippen LogP contribution < -0.4 is 9.47 Å². The zero-order valence-corrected chi connectivity index (χ0v) is 15.8. The summed E-state index contributed by atoms with van der Waals surface area (Å²) in [5.41, 5.74) is 2.84. The molecule has 0 unspecified atom stereocenters. The fourth-order valence-corrected chi connectivity index (χ4v) is 3.68. The molecule has 1 atom stereocenters. The Kier molecular flexibility index (Phi) is 5.00. The topological polar surface area (TPSA) is 44.2 Å². The summed E-state index contributed by atoms with van der Waals surface area (Å²) in [5.74, 6) is 2.31. The van der Waals surface area contributed by atoms with E-state index in [2.05, 4.69) is 9.97 Å². The third kappa shape index (κ3) is 3.94. The van der Waals surface area contributed by atoms with Gasteiger partial charge in [-0.15, -0.1) is 0 Å². The highest BCUT2D eigenvalue weighted by atomic mass is 35.5. The number of para-hydroxylation sites is 2. The maximum atomic E-state index is 6.00. The van der Waals surface area contributed by atoms with Gasteiger partial charge in [-0.3, -0.25) is 0 Å². The molecule has 0 N–H and O–H groups in total. The molecule has 0 saturated heterocycles. The molecule has 0 saturated carbocycles. The summed E-state index contributed by atoms with van der Waals surface area (Å²) < 4.78 is 11.8. The van der Waals surface area contributed by atoms with Crippen LogP contribution in [0.1, 0.15) is 5.69 Å². The molecule has 1 aliphatic rings. The predicted octanol–water partition coefficient (Wildman–Crippen LogP) is 5.04. The maximum absolute atomic E-state index is 6.00. The fraction of sp³-hybridized carbons (Fsp3) is 0.200. The number of rotatable bonds is 4. The molecule has 0 aliphatic carbocycles. The Morgan fingerprint density at radius 1 is 1.08 bits per heavy atom. The average Bonchev–Trinajstić information content (AvgIpc) is 2.66. The Bertz CT molecular complexity index is 918. The number of fused-ring (bicyclic) bond motifs is 1. The van der Waals surface area contributed by atoms with E-state index in [1.54, 1.807) is 11.8 Å². The van der Waals surface area contributed by atoms with Crippen LogP contribution in [-0.2, 0) is 0 Å². The number of ether oxygens (including phenoxy) is 2. The number of hydrogen-bond donors (Lipinski definition) is 0. The summed E-state index contributed by atoms with van der Waals surface area (Å²) in [7, 11) is 0. The lowest BCUT2D eigenvalue weighted by Crippen LogP contribution is -2.31. The first-order chi connectivity index (χ1) is 12.7.